The second-order valence-electron chi connectivity index (χ2n) is 6.24. The van der Waals surface area contributed by atoms with Gasteiger partial charge in [0.15, 0.2) is 11.5 Å². The Morgan fingerprint density at radius 3 is 2.28 bits per heavy atom. The van der Waals surface area contributed by atoms with Crippen LogP contribution >= 0.6 is 0 Å². The van der Waals surface area contributed by atoms with E-state index >= 15 is 0 Å². The van der Waals surface area contributed by atoms with Crippen LogP contribution in [0.5, 0.6) is 11.5 Å². The molecule has 2 aromatic rings. The number of esters is 2. The molecule has 8 nitrogen and oxygen atoms in total. The van der Waals surface area contributed by atoms with Crippen LogP contribution in [0.3, 0.4) is 0 Å². The first-order valence-corrected chi connectivity index (χ1v) is 8.73. The van der Waals surface area contributed by atoms with Crippen LogP contribution in [0.25, 0.3) is 5.57 Å². The summed E-state index contributed by atoms with van der Waals surface area (Å²) >= 11 is 0. The van der Waals surface area contributed by atoms with Crippen molar-refractivity contribution in [2.45, 2.75) is 20.4 Å². The van der Waals surface area contributed by atoms with Gasteiger partial charge >= 0.3 is 11.9 Å². The highest BCUT2D eigenvalue weighted by atomic mass is 16.6. The molecule has 0 radical (unpaired) electrons. The van der Waals surface area contributed by atoms with Crippen molar-refractivity contribution in [1.82, 2.24) is 10.6 Å². The molecule has 0 saturated carbocycles. The van der Waals surface area contributed by atoms with Gasteiger partial charge < -0.3 is 14.8 Å². The molecule has 0 saturated heterocycles. The lowest BCUT2D eigenvalue weighted by molar-refractivity contribution is -0.134. The van der Waals surface area contributed by atoms with Crippen molar-refractivity contribution >= 4 is 29.3 Å². The van der Waals surface area contributed by atoms with Gasteiger partial charge in [-0.15, -0.1) is 0 Å². The van der Waals surface area contributed by atoms with Crippen molar-refractivity contribution in [3.8, 4) is 11.5 Å². The first kappa shape index (κ1) is 19.8. The molecule has 3 rings (SSSR count). The summed E-state index contributed by atoms with van der Waals surface area (Å²) in [5.41, 5.74) is 2.01. The third-order valence-electron chi connectivity index (χ3n) is 4.00. The summed E-state index contributed by atoms with van der Waals surface area (Å²) in [7, 11) is 0. The molecule has 0 spiro atoms. The zero-order valence-electron chi connectivity index (χ0n) is 15.8. The maximum atomic E-state index is 12.2. The Bertz CT molecular complexity index is 1040. The molecule has 29 heavy (non-hydrogen) atoms. The zero-order chi connectivity index (χ0) is 21.0. The summed E-state index contributed by atoms with van der Waals surface area (Å²) in [4.78, 5) is 46.6. The molecule has 1 aliphatic heterocycles. The van der Waals surface area contributed by atoms with Crippen LogP contribution in [-0.2, 0) is 20.9 Å². The molecule has 148 valence electrons. The van der Waals surface area contributed by atoms with E-state index in [1.807, 2.05) is 0 Å². The monoisotopic (exact) mass is 394 g/mol. The van der Waals surface area contributed by atoms with E-state index in [0.29, 0.717) is 23.2 Å². The van der Waals surface area contributed by atoms with E-state index in [9.17, 15) is 19.2 Å². The fourth-order valence-electron chi connectivity index (χ4n) is 2.83. The molecular weight excluding hydrogens is 376 g/mol. The topological polar surface area (TPSA) is 111 Å². The largest absolute Gasteiger partial charge is 0.423 e. The first-order chi connectivity index (χ1) is 13.8. The third-order valence-corrected chi connectivity index (χ3v) is 4.00. The number of carbonyl (C=O) groups excluding carboxylic acids is 4. The average Bonchev–Trinajstić information content (AvgIpc) is 2.65. The van der Waals surface area contributed by atoms with Crippen LogP contribution in [0, 0.1) is 0 Å². The number of imide groups is 1. The van der Waals surface area contributed by atoms with Gasteiger partial charge in [0.1, 0.15) is 0 Å². The molecule has 1 aliphatic rings. The second-order valence-corrected chi connectivity index (χ2v) is 6.24. The number of hydrogen-bond acceptors (Lipinski definition) is 7. The van der Waals surface area contributed by atoms with Crippen LogP contribution in [-0.4, -0.2) is 23.8 Å². The Labute approximate surface area is 166 Å². The Morgan fingerprint density at radius 2 is 1.59 bits per heavy atom. The SMILES string of the molecule is CC(=O)Oc1ccc(CN/C=C2\C(=O)NC(=O)c3ccccc32)cc1OC(C)=O. The van der Waals surface area contributed by atoms with E-state index in [4.69, 9.17) is 9.47 Å². The quantitative estimate of drug-likeness (QED) is 0.345. The Morgan fingerprint density at radius 1 is 0.931 bits per heavy atom. The van der Waals surface area contributed by atoms with E-state index < -0.39 is 23.8 Å². The van der Waals surface area contributed by atoms with Gasteiger partial charge in [-0.1, -0.05) is 24.3 Å². The predicted octanol–water partition coefficient (Wildman–Crippen LogP) is 1.94. The molecule has 0 atom stereocenters. The highest BCUT2D eigenvalue weighted by molar-refractivity contribution is 6.30. The van der Waals surface area contributed by atoms with E-state index in [1.54, 1.807) is 36.4 Å². The van der Waals surface area contributed by atoms with Crippen LogP contribution in [0.2, 0.25) is 0 Å². The van der Waals surface area contributed by atoms with Gasteiger partial charge in [0.05, 0.1) is 5.57 Å². The van der Waals surface area contributed by atoms with Crippen molar-refractivity contribution in [2.75, 3.05) is 0 Å². The number of carbonyl (C=O) groups is 4. The maximum absolute atomic E-state index is 12.2. The molecule has 2 aromatic carbocycles. The van der Waals surface area contributed by atoms with E-state index in [0.717, 1.165) is 5.56 Å². The van der Waals surface area contributed by atoms with Crippen LogP contribution in [0.15, 0.2) is 48.7 Å². The molecule has 2 N–H and O–H groups in total. The van der Waals surface area contributed by atoms with Crippen LogP contribution in [0.4, 0.5) is 0 Å². The summed E-state index contributed by atoms with van der Waals surface area (Å²) in [6, 6.07) is 11.6. The standard InChI is InChI=1S/C21H18N2O6/c1-12(24)28-18-8-7-14(9-19(18)29-13(2)25)10-22-11-17-15-5-3-4-6-16(15)20(26)23-21(17)27/h3-9,11,22H,10H2,1-2H3,(H,23,26,27)/b17-11-. The molecule has 2 amide bonds. The van der Waals surface area contributed by atoms with Gasteiger partial charge in [0.25, 0.3) is 11.8 Å². The van der Waals surface area contributed by atoms with Crippen LogP contribution in [0.1, 0.15) is 35.3 Å². The molecular formula is C21H18N2O6. The molecule has 0 unspecified atom stereocenters. The smallest absolute Gasteiger partial charge is 0.308 e. The maximum Gasteiger partial charge on any atom is 0.308 e. The van der Waals surface area contributed by atoms with Gasteiger partial charge in [-0.3, -0.25) is 24.5 Å². The van der Waals surface area contributed by atoms with E-state index in [1.165, 1.54) is 26.1 Å². The number of hydrogen-bond donors (Lipinski definition) is 2. The molecule has 1 heterocycles. The lowest BCUT2D eigenvalue weighted by Gasteiger charge is -2.18. The van der Waals surface area contributed by atoms with Gasteiger partial charge in [-0.25, -0.2) is 0 Å². The van der Waals surface area contributed by atoms with Gasteiger partial charge in [0, 0.05) is 37.7 Å². The number of rotatable bonds is 5. The van der Waals surface area contributed by atoms with Crippen molar-refractivity contribution < 1.29 is 28.7 Å². The van der Waals surface area contributed by atoms with Crippen LogP contribution < -0.4 is 20.1 Å². The third kappa shape index (κ3) is 4.67. The van der Waals surface area contributed by atoms with Crippen molar-refractivity contribution in [3.05, 3.63) is 65.4 Å². The number of benzene rings is 2. The van der Waals surface area contributed by atoms with Gasteiger partial charge in [-0.05, 0) is 23.8 Å². The molecule has 0 fully saturated rings. The number of fused-ring (bicyclic) bond motifs is 1. The summed E-state index contributed by atoms with van der Waals surface area (Å²) in [6.45, 7) is 2.78. The van der Waals surface area contributed by atoms with Gasteiger partial charge in [0.2, 0.25) is 0 Å². The minimum absolute atomic E-state index is 0.117. The minimum Gasteiger partial charge on any atom is -0.423 e. The Hall–Kier alpha value is -3.94. The van der Waals surface area contributed by atoms with Gasteiger partial charge in [-0.2, -0.15) is 0 Å². The normalized spacial score (nSPS) is 14.1. The Kier molecular flexibility index (Phi) is 5.73. The fraction of sp³-hybridized carbons (Fsp3) is 0.143. The number of nitrogens with one attached hydrogen (secondary N) is 2. The highest BCUT2D eigenvalue weighted by Gasteiger charge is 2.26. The first-order valence-electron chi connectivity index (χ1n) is 8.73. The summed E-state index contributed by atoms with van der Waals surface area (Å²) in [6.07, 6.45) is 1.52. The van der Waals surface area contributed by atoms with Crippen molar-refractivity contribution in [1.29, 1.82) is 0 Å². The summed E-state index contributed by atoms with van der Waals surface area (Å²) < 4.78 is 10.1. The highest BCUT2D eigenvalue weighted by Crippen LogP contribution is 2.29. The molecule has 0 aromatic heterocycles. The minimum atomic E-state index is -0.550. The Balaban J connectivity index is 1.80. The molecule has 0 bridgehead atoms. The zero-order valence-corrected chi connectivity index (χ0v) is 15.8. The number of ether oxygens (including phenoxy) is 2. The fourth-order valence-corrected chi connectivity index (χ4v) is 2.83. The lowest BCUT2D eigenvalue weighted by atomic mass is 9.96. The molecule has 8 heteroatoms. The summed E-state index contributed by atoms with van der Waals surface area (Å²) in [5.74, 6) is -1.77. The van der Waals surface area contributed by atoms with E-state index in [2.05, 4.69) is 10.6 Å². The number of amides is 2. The average molecular weight is 394 g/mol. The second kappa shape index (κ2) is 8.39. The summed E-state index contributed by atoms with van der Waals surface area (Å²) in [5, 5.41) is 5.31. The van der Waals surface area contributed by atoms with E-state index in [-0.39, 0.29) is 11.5 Å². The molecule has 0 aliphatic carbocycles. The van der Waals surface area contributed by atoms with Crippen molar-refractivity contribution in [2.24, 2.45) is 0 Å². The predicted molar refractivity (Wildman–Crippen MR) is 103 cm³/mol. The lowest BCUT2D eigenvalue weighted by Crippen LogP contribution is -2.36. The van der Waals surface area contributed by atoms with Crippen molar-refractivity contribution in [3.63, 3.8) is 0 Å².